The van der Waals surface area contributed by atoms with Gasteiger partial charge in [-0.25, -0.2) is 9.78 Å². The Morgan fingerprint density at radius 2 is 2.33 bits per heavy atom. The van der Waals surface area contributed by atoms with Crippen LogP contribution in [-0.4, -0.2) is 16.1 Å². The van der Waals surface area contributed by atoms with E-state index in [1.807, 2.05) is 0 Å². The van der Waals surface area contributed by atoms with Gasteiger partial charge in [-0.1, -0.05) is 15.9 Å². The van der Waals surface area contributed by atoms with Crippen LogP contribution in [0.4, 0.5) is 5.82 Å². The molecule has 5 heteroatoms. The van der Waals surface area contributed by atoms with Crippen molar-refractivity contribution >= 4 is 27.7 Å². The zero-order valence-electron chi connectivity index (χ0n) is 6.12. The van der Waals surface area contributed by atoms with E-state index >= 15 is 0 Å². The van der Waals surface area contributed by atoms with Crippen molar-refractivity contribution in [3.05, 3.63) is 23.4 Å². The minimum atomic E-state index is -1.07. The van der Waals surface area contributed by atoms with Crippen LogP contribution in [0.2, 0.25) is 0 Å². The molecule has 1 aromatic rings. The van der Waals surface area contributed by atoms with Crippen molar-refractivity contribution in [3.8, 4) is 0 Å². The second kappa shape index (κ2) is 3.53. The predicted molar refractivity (Wildman–Crippen MR) is 48.2 cm³/mol. The monoisotopic (exact) mass is 230 g/mol. The molecule has 3 N–H and O–H groups in total. The number of carboxylic acids is 1. The van der Waals surface area contributed by atoms with Crippen LogP contribution in [0.5, 0.6) is 0 Å². The number of halogens is 1. The van der Waals surface area contributed by atoms with Crippen molar-refractivity contribution in [1.29, 1.82) is 0 Å². The van der Waals surface area contributed by atoms with Gasteiger partial charge in [-0.2, -0.15) is 0 Å². The lowest BCUT2D eigenvalue weighted by Crippen LogP contribution is -2.03. The van der Waals surface area contributed by atoms with E-state index in [2.05, 4.69) is 20.9 Å². The van der Waals surface area contributed by atoms with Gasteiger partial charge in [0.15, 0.2) is 5.69 Å². The fourth-order valence-corrected chi connectivity index (χ4v) is 1.12. The number of carboxylic acid groups (broad SMARTS) is 1. The Kier molecular flexibility index (Phi) is 2.65. The molecule has 0 atom stereocenters. The Morgan fingerprint density at radius 3 is 2.83 bits per heavy atom. The number of anilines is 1. The molecule has 0 aliphatic heterocycles. The summed E-state index contributed by atoms with van der Waals surface area (Å²) in [5.74, 6) is -0.839. The molecule has 1 rings (SSSR count). The molecule has 0 spiro atoms. The predicted octanol–water partition coefficient (Wildman–Crippen LogP) is 1.26. The summed E-state index contributed by atoms with van der Waals surface area (Å²) in [6, 6.07) is 3.11. The molecular formula is C7H7BrN2O2. The lowest BCUT2D eigenvalue weighted by molar-refractivity contribution is 0.0690. The molecule has 0 fully saturated rings. The van der Waals surface area contributed by atoms with Gasteiger partial charge in [-0.05, 0) is 17.7 Å². The van der Waals surface area contributed by atoms with Gasteiger partial charge in [0.05, 0.1) is 0 Å². The summed E-state index contributed by atoms with van der Waals surface area (Å²) in [6.45, 7) is 0. The van der Waals surface area contributed by atoms with Crippen LogP contribution in [-0.2, 0) is 5.33 Å². The number of pyridine rings is 1. The summed E-state index contributed by atoms with van der Waals surface area (Å²) >= 11 is 3.20. The highest BCUT2D eigenvalue weighted by Crippen LogP contribution is 2.10. The number of hydrogen-bond acceptors (Lipinski definition) is 3. The third-order valence-electron chi connectivity index (χ3n) is 1.28. The van der Waals surface area contributed by atoms with Gasteiger partial charge >= 0.3 is 5.97 Å². The number of nitrogens with zero attached hydrogens (tertiary/aromatic N) is 1. The highest BCUT2D eigenvalue weighted by atomic mass is 79.9. The number of nitrogens with two attached hydrogens (primary N) is 1. The summed E-state index contributed by atoms with van der Waals surface area (Å²) in [5, 5.41) is 9.17. The van der Waals surface area contributed by atoms with E-state index in [1.54, 1.807) is 6.07 Å². The number of aromatic nitrogens is 1. The van der Waals surface area contributed by atoms with Crippen LogP contribution >= 0.6 is 15.9 Å². The highest BCUT2D eigenvalue weighted by Gasteiger charge is 2.06. The van der Waals surface area contributed by atoms with Crippen LogP contribution in [0.1, 0.15) is 16.1 Å². The first-order chi connectivity index (χ1) is 5.63. The van der Waals surface area contributed by atoms with Crippen LogP contribution in [0.25, 0.3) is 0 Å². The van der Waals surface area contributed by atoms with Crippen molar-refractivity contribution in [1.82, 2.24) is 4.98 Å². The van der Waals surface area contributed by atoms with Gasteiger partial charge in [0.25, 0.3) is 0 Å². The maximum Gasteiger partial charge on any atom is 0.354 e. The third kappa shape index (κ3) is 1.94. The van der Waals surface area contributed by atoms with Crippen molar-refractivity contribution in [2.45, 2.75) is 5.33 Å². The standard InChI is InChI=1S/C7H7BrN2O2/c8-3-4-1-5(7(11)12)10-6(9)2-4/h1-2H,3H2,(H2,9,10)(H,11,12). The number of alkyl halides is 1. The summed E-state index contributed by atoms with van der Waals surface area (Å²) < 4.78 is 0. The first-order valence-corrected chi connectivity index (χ1v) is 4.31. The molecule has 64 valence electrons. The van der Waals surface area contributed by atoms with E-state index in [9.17, 15) is 4.79 Å². The minimum Gasteiger partial charge on any atom is -0.477 e. The van der Waals surface area contributed by atoms with Gasteiger partial charge < -0.3 is 10.8 Å². The fraction of sp³-hybridized carbons (Fsp3) is 0.143. The number of rotatable bonds is 2. The van der Waals surface area contributed by atoms with Gasteiger partial charge in [0.1, 0.15) is 5.82 Å². The van der Waals surface area contributed by atoms with Gasteiger partial charge in [-0.15, -0.1) is 0 Å². The molecule has 4 nitrogen and oxygen atoms in total. The molecule has 0 saturated heterocycles. The lowest BCUT2D eigenvalue weighted by atomic mass is 10.2. The number of hydrogen-bond donors (Lipinski definition) is 2. The summed E-state index contributed by atoms with van der Waals surface area (Å²) in [7, 11) is 0. The second-order valence-electron chi connectivity index (χ2n) is 2.22. The lowest BCUT2D eigenvalue weighted by Gasteiger charge is -1.99. The van der Waals surface area contributed by atoms with E-state index in [4.69, 9.17) is 10.8 Å². The van der Waals surface area contributed by atoms with Crippen molar-refractivity contribution in [3.63, 3.8) is 0 Å². The molecule has 0 bridgehead atoms. The van der Waals surface area contributed by atoms with Gasteiger partial charge in [0, 0.05) is 5.33 Å². The molecule has 0 aliphatic rings. The van der Waals surface area contributed by atoms with E-state index in [0.29, 0.717) is 5.33 Å². The Morgan fingerprint density at radius 1 is 1.67 bits per heavy atom. The van der Waals surface area contributed by atoms with Crippen molar-refractivity contribution in [2.75, 3.05) is 5.73 Å². The summed E-state index contributed by atoms with van der Waals surface area (Å²) in [4.78, 5) is 14.1. The Balaban J connectivity index is 3.15. The normalized spacial score (nSPS) is 9.75. The SMILES string of the molecule is Nc1cc(CBr)cc(C(=O)O)n1. The first-order valence-electron chi connectivity index (χ1n) is 3.19. The first kappa shape index (κ1) is 8.99. The van der Waals surface area contributed by atoms with Gasteiger partial charge in [-0.3, -0.25) is 0 Å². The van der Waals surface area contributed by atoms with E-state index in [-0.39, 0.29) is 11.5 Å². The zero-order chi connectivity index (χ0) is 9.14. The van der Waals surface area contributed by atoms with E-state index < -0.39 is 5.97 Å². The highest BCUT2D eigenvalue weighted by molar-refractivity contribution is 9.08. The van der Waals surface area contributed by atoms with Crippen LogP contribution < -0.4 is 5.73 Å². The molecule has 12 heavy (non-hydrogen) atoms. The maximum atomic E-state index is 10.5. The Labute approximate surface area is 77.5 Å². The molecule has 0 amide bonds. The summed E-state index contributed by atoms with van der Waals surface area (Å²) in [6.07, 6.45) is 0. The van der Waals surface area contributed by atoms with Crippen LogP contribution in [0.15, 0.2) is 12.1 Å². The molecule has 0 aliphatic carbocycles. The van der Waals surface area contributed by atoms with E-state index in [1.165, 1.54) is 6.07 Å². The zero-order valence-corrected chi connectivity index (χ0v) is 7.71. The minimum absolute atomic E-state index is 0.0237. The van der Waals surface area contributed by atoms with Crippen molar-refractivity contribution in [2.24, 2.45) is 0 Å². The van der Waals surface area contributed by atoms with Crippen LogP contribution in [0, 0.1) is 0 Å². The molecule has 0 radical (unpaired) electrons. The Bertz CT molecular complexity index is 314. The average Bonchev–Trinajstić information content (AvgIpc) is 2.03. The van der Waals surface area contributed by atoms with Crippen molar-refractivity contribution < 1.29 is 9.90 Å². The molecule has 0 unspecified atom stereocenters. The Hall–Kier alpha value is -1.10. The number of aromatic carboxylic acids is 1. The number of nitrogen functional groups attached to an aromatic ring is 1. The maximum absolute atomic E-state index is 10.5. The number of carbonyl (C=O) groups is 1. The third-order valence-corrected chi connectivity index (χ3v) is 1.93. The molecular weight excluding hydrogens is 224 g/mol. The van der Waals surface area contributed by atoms with Gasteiger partial charge in [0.2, 0.25) is 0 Å². The largest absolute Gasteiger partial charge is 0.477 e. The second-order valence-corrected chi connectivity index (χ2v) is 2.79. The fourth-order valence-electron chi connectivity index (χ4n) is 0.798. The van der Waals surface area contributed by atoms with Crippen LogP contribution in [0.3, 0.4) is 0 Å². The molecule has 1 heterocycles. The molecule has 0 aromatic carbocycles. The van der Waals surface area contributed by atoms with E-state index in [0.717, 1.165) is 5.56 Å². The molecule has 0 saturated carbocycles. The topological polar surface area (TPSA) is 76.2 Å². The molecule has 1 aromatic heterocycles. The summed E-state index contributed by atoms with van der Waals surface area (Å²) in [5.41, 5.74) is 6.16. The smallest absolute Gasteiger partial charge is 0.354 e. The average molecular weight is 231 g/mol. The quantitative estimate of drug-likeness (QED) is 0.751.